The molecule has 5 heteroatoms. The summed E-state index contributed by atoms with van der Waals surface area (Å²) < 4.78 is 5.63. The van der Waals surface area contributed by atoms with Gasteiger partial charge in [0.15, 0.2) is 0 Å². The molecule has 0 bridgehead atoms. The molecular weight excluding hydrogens is 180 g/mol. The number of hydrogen-bond donors (Lipinski definition) is 1. The van der Waals surface area contributed by atoms with Gasteiger partial charge in [-0.2, -0.15) is 0 Å². The largest absolute Gasteiger partial charge is 0.472 e. The average molecular weight is 194 g/mol. The maximum atomic E-state index is 5.63. The molecule has 0 radical (unpaired) electrons. The molecule has 14 heavy (non-hydrogen) atoms. The van der Waals surface area contributed by atoms with Crippen LogP contribution >= 0.6 is 0 Å². The molecule has 0 spiro atoms. The molecule has 0 aromatic carbocycles. The van der Waals surface area contributed by atoms with Crippen molar-refractivity contribution in [1.29, 1.82) is 0 Å². The maximum absolute atomic E-state index is 5.63. The van der Waals surface area contributed by atoms with Gasteiger partial charge in [0.1, 0.15) is 11.9 Å². The van der Waals surface area contributed by atoms with Gasteiger partial charge in [-0.1, -0.05) is 0 Å². The lowest BCUT2D eigenvalue weighted by molar-refractivity contribution is 0.199. The van der Waals surface area contributed by atoms with Gasteiger partial charge in [-0.3, -0.25) is 0 Å². The van der Waals surface area contributed by atoms with Gasteiger partial charge < -0.3 is 15.4 Å². The topological polar surface area (TPSA) is 64.3 Å². The monoisotopic (exact) mass is 194 g/mol. The zero-order valence-corrected chi connectivity index (χ0v) is 8.18. The number of likely N-dealkylation sites (tertiary alicyclic amines) is 1. The minimum atomic E-state index is 0.234. The Morgan fingerprint density at radius 3 is 2.93 bits per heavy atom. The molecule has 2 heterocycles. The molecule has 0 aliphatic carbocycles. The van der Waals surface area contributed by atoms with E-state index in [9.17, 15) is 0 Å². The van der Waals surface area contributed by atoms with Crippen LogP contribution in [0.25, 0.3) is 0 Å². The number of ether oxygens (including phenoxy) is 1. The Morgan fingerprint density at radius 1 is 1.50 bits per heavy atom. The summed E-state index contributed by atoms with van der Waals surface area (Å²) in [5.74, 6) is 0.973. The Kier molecular flexibility index (Phi) is 2.49. The summed E-state index contributed by atoms with van der Waals surface area (Å²) in [4.78, 5) is 10.2. The van der Waals surface area contributed by atoms with E-state index in [4.69, 9.17) is 10.5 Å². The molecule has 2 N–H and O–H groups in total. The Hall–Kier alpha value is -1.36. The number of nitrogens with two attached hydrogens (primary N) is 1. The molecule has 2 rings (SSSR count). The second kappa shape index (κ2) is 3.79. The highest BCUT2D eigenvalue weighted by atomic mass is 16.5. The Labute approximate surface area is 82.9 Å². The van der Waals surface area contributed by atoms with Gasteiger partial charge in [0.25, 0.3) is 0 Å². The van der Waals surface area contributed by atoms with Crippen molar-refractivity contribution in [3.05, 3.63) is 12.4 Å². The van der Waals surface area contributed by atoms with Crippen molar-refractivity contribution in [3.8, 4) is 5.88 Å². The summed E-state index contributed by atoms with van der Waals surface area (Å²) in [6.07, 6.45) is 4.35. The highest BCUT2D eigenvalue weighted by molar-refractivity contribution is 5.24. The first-order valence-corrected chi connectivity index (χ1v) is 4.67. The van der Waals surface area contributed by atoms with Crippen LogP contribution in [0.3, 0.4) is 0 Å². The standard InChI is InChI=1S/C9H14N4O/c1-13-3-2-7(6-13)14-9-5-11-8(10)4-12-9/h4-5,7H,2-3,6H2,1H3,(H2,10,11). The van der Waals surface area contributed by atoms with Crippen molar-refractivity contribution in [3.63, 3.8) is 0 Å². The second-order valence-electron chi connectivity index (χ2n) is 3.57. The molecular formula is C9H14N4O. The maximum Gasteiger partial charge on any atom is 0.232 e. The van der Waals surface area contributed by atoms with E-state index in [-0.39, 0.29) is 6.10 Å². The van der Waals surface area contributed by atoms with Crippen molar-refractivity contribution < 1.29 is 4.74 Å². The molecule has 1 aliphatic rings. The number of aromatic nitrogens is 2. The number of nitrogens with zero attached hydrogens (tertiary/aromatic N) is 3. The van der Waals surface area contributed by atoms with Gasteiger partial charge in [-0.15, -0.1) is 0 Å². The quantitative estimate of drug-likeness (QED) is 0.725. The van der Waals surface area contributed by atoms with Crippen LogP contribution in [0.2, 0.25) is 0 Å². The van der Waals surface area contributed by atoms with Crippen molar-refractivity contribution in [1.82, 2.24) is 14.9 Å². The van der Waals surface area contributed by atoms with E-state index in [0.717, 1.165) is 19.5 Å². The van der Waals surface area contributed by atoms with Crippen LogP contribution in [0.5, 0.6) is 5.88 Å². The van der Waals surface area contributed by atoms with Crippen molar-refractivity contribution in [2.75, 3.05) is 25.9 Å². The lowest BCUT2D eigenvalue weighted by atomic mass is 10.3. The van der Waals surface area contributed by atoms with Crippen LogP contribution in [-0.4, -0.2) is 41.1 Å². The molecule has 1 unspecified atom stereocenters. The molecule has 76 valence electrons. The molecule has 1 aromatic heterocycles. The van der Waals surface area contributed by atoms with E-state index >= 15 is 0 Å². The molecule has 1 aliphatic heterocycles. The third kappa shape index (κ3) is 2.11. The fourth-order valence-electron chi connectivity index (χ4n) is 1.55. The lowest BCUT2D eigenvalue weighted by Gasteiger charge is -2.12. The number of hydrogen-bond acceptors (Lipinski definition) is 5. The molecule has 1 atom stereocenters. The fraction of sp³-hybridized carbons (Fsp3) is 0.556. The van der Waals surface area contributed by atoms with Crippen LogP contribution in [0.1, 0.15) is 6.42 Å². The Morgan fingerprint density at radius 2 is 2.36 bits per heavy atom. The third-order valence-electron chi connectivity index (χ3n) is 2.28. The summed E-state index contributed by atoms with van der Waals surface area (Å²) in [6, 6.07) is 0. The van der Waals surface area contributed by atoms with Crippen LogP contribution in [0.15, 0.2) is 12.4 Å². The number of nitrogen functional groups attached to an aromatic ring is 1. The highest BCUT2D eigenvalue weighted by Crippen LogP contribution is 2.14. The van der Waals surface area contributed by atoms with Crippen LogP contribution < -0.4 is 10.5 Å². The Bertz CT molecular complexity index is 300. The van der Waals surface area contributed by atoms with Gasteiger partial charge in [0, 0.05) is 13.1 Å². The van der Waals surface area contributed by atoms with Gasteiger partial charge in [0.2, 0.25) is 5.88 Å². The highest BCUT2D eigenvalue weighted by Gasteiger charge is 2.21. The predicted octanol–water partition coefficient (Wildman–Crippen LogP) is 0.142. The summed E-state index contributed by atoms with van der Waals surface area (Å²) in [6.45, 7) is 2.03. The van der Waals surface area contributed by atoms with E-state index < -0.39 is 0 Å². The van der Waals surface area contributed by atoms with E-state index in [1.54, 1.807) is 6.20 Å². The average Bonchev–Trinajstić information content (AvgIpc) is 2.56. The van der Waals surface area contributed by atoms with E-state index in [1.165, 1.54) is 6.20 Å². The lowest BCUT2D eigenvalue weighted by Crippen LogP contribution is -2.21. The summed E-state index contributed by atoms with van der Waals surface area (Å²) in [5, 5.41) is 0. The fourth-order valence-corrected chi connectivity index (χ4v) is 1.55. The number of rotatable bonds is 2. The third-order valence-corrected chi connectivity index (χ3v) is 2.28. The first kappa shape index (κ1) is 9.21. The minimum absolute atomic E-state index is 0.234. The first-order valence-electron chi connectivity index (χ1n) is 4.67. The van der Waals surface area contributed by atoms with E-state index in [2.05, 4.69) is 21.9 Å². The van der Waals surface area contributed by atoms with Gasteiger partial charge in [0.05, 0.1) is 12.4 Å². The van der Waals surface area contributed by atoms with Crippen LogP contribution in [-0.2, 0) is 0 Å². The molecule has 0 amide bonds. The molecule has 1 saturated heterocycles. The van der Waals surface area contributed by atoms with Gasteiger partial charge in [-0.25, -0.2) is 9.97 Å². The van der Waals surface area contributed by atoms with Crippen molar-refractivity contribution >= 4 is 5.82 Å². The van der Waals surface area contributed by atoms with Crippen LogP contribution in [0, 0.1) is 0 Å². The normalized spacial score (nSPS) is 22.5. The molecule has 5 nitrogen and oxygen atoms in total. The molecule has 0 saturated carbocycles. The number of likely N-dealkylation sites (N-methyl/N-ethyl adjacent to an activating group) is 1. The number of anilines is 1. The van der Waals surface area contributed by atoms with Gasteiger partial charge in [-0.05, 0) is 13.5 Å². The minimum Gasteiger partial charge on any atom is -0.472 e. The van der Waals surface area contributed by atoms with Gasteiger partial charge >= 0.3 is 0 Å². The second-order valence-corrected chi connectivity index (χ2v) is 3.57. The SMILES string of the molecule is CN1CCC(Oc2cnc(N)cn2)C1. The summed E-state index contributed by atoms with van der Waals surface area (Å²) >= 11 is 0. The first-order chi connectivity index (χ1) is 6.74. The molecule has 1 aromatic rings. The van der Waals surface area contributed by atoms with E-state index in [1.807, 2.05) is 0 Å². The Balaban J connectivity index is 1.94. The van der Waals surface area contributed by atoms with Crippen molar-refractivity contribution in [2.45, 2.75) is 12.5 Å². The zero-order chi connectivity index (χ0) is 9.97. The van der Waals surface area contributed by atoms with E-state index in [0.29, 0.717) is 11.7 Å². The zero-order valence-electron chi connectivity index (χ0n) is 8.18. The predicted molar refractivity (Wildman–Crippen MR) is 53.0 cm³/mol. The van der Waals surface area contributed by atoms with Crippen LogP contribution in [0.4, 0.5) is 5.82 Å². The van der Waals surface area contributed by atoms with Crippen molar-refractivity contribution in [2.24, 2.45) is 0 Å². The smallest absolute Gasteiger partial charge is 0.232 e. The summed E-state index contributed by atoms with van der Waals surface area (Å²) in [7, 11) is 2.08. The summed E-state index contributed by atoms with van der Waals surface area (Å²) in [5.41, 5.74) is 5.42. The molecule has 1 fully saturated rings.